The van der Waals surface area contributed by atoms with Gasteiger partial charge in [-0.15, -0.1) is 0 Å². The second-order valence-electron chi connectivity index (χ2n) is 6.83. The fourth-order valence-electron chi connectivity index (χ4n) is 3.22. The summed E-state index contributed by atoms with van der Waals surface area (Å²) in [6.45, 7) is 3.95. The maximum absolute atomic E-state index is 13.3. The van der Waals surface area contributed by atoms with E-state index in [1.807, 2.05) is 6.07 Å². The summed E-state index contributed by atoms with van der Waals surface area (Å²) in [5.74, 6) is -0.889. The highest BCUT2D eigenvalue weighted by Gasteiger charge is 2.45. The van der Waals surface area contributed by atoms with Crippen LogP contribution in [0.1, 0.15) is 31.7 Å². The molecule has 1 unspecified atom stereocenters. The van der Waals surface area contributed by atoms with E-state index in [1.165, 1.54) is 12.1 Å². The molecule has 24 heavy (non-hydrogen) atoms. The number of hydrogen-bond donors (Lipinski definition) is 1. The third-order valence-electron chi connectivity index (χ3n) is 4.60. The number of carbonyl (C=O) groups is 3. The summed E-state index contributed by atoms with van der Waals surface area (Å²) in [4.78, 5) is 39.0. The molecule has 3 rings (SSSR count). The minimum atomic E-state index is -0.980. The maximum atomic E-state index is 13.3. The van der Waals surface area contributed by atoms with Gasteiger partial charge in [-0.25, -0.2) is 9.18 Å². The SMILES string of the molecule is CC1(C)NC(=O)N(CC(=O)N2CCC(c3cccc(F)c3)C2)C1=O. The molecule has 2 saturated heterocycles. The van der Waals surface area contributed by atoms with Crippen LogP contribution in [0.4, 0.5) is 9.18 Å². The minimum absolute atomic E-state index is 0.0733. The van der Waals surface area contributed by atoms with Gasteiger partial charge < -0.3 is 10.2 Å². The molecule has 1 aromatic rings. The Morgan fingerprint density at radius 1 is 1.38 bits per heavy atom. The van der Waals surface area contributed by atoms with E-state index >= 15 is 0 Å². The normalized spacial score (nSPS) is 22.9. The van der Waals surface area contributed by atoms with Crippen molar-refractivity contribution < 1.29 is 18.8 Å². The molecule has 0 spiro atoms. The van der Waals surface area contributed by atoms with Gasteiger partial charge in [-0.1, -0.05) is 12.1 Å². The molecule has 0 aliphatic carbocycles. The molecular weight excluding hydrogens is 313 g/mol. The van der Waals surface area contributed by atoms with E-state index in [0.717, 1.165) is 16.9 Å². The lowest BCUT2D eigenvalue weighted by Gasteiger charge is -2.20. The molecule has 0 saturated carbocycles. The number of hydrogen-bond acceptors (Lipinski definition) is 3. The van der Waals surface area contributed by atoms with Crippen LogP contribution in [0.15, 0.2) is 24.3 Å². The molecule has 0 radical (unpaired) electrons. The molecule has 6 nitrogen and oxygen atoms in total. The Balaban J connectivity index is 1.63. The van der Waals surface area contributed by atoms with Crippen molar-refractivity contribution in [1.29, 1.82) is 0 Å². The predicted molar refractivity (Wildman–Crippen MR) is 84.7 cm³/mol. The summed E-state index contributed by atoms with van der Waals surface area (Å²) in [7, 11) is 0. The van der Waals surface area contributed by atoms with Crippen LogP contribution in [0.5, 0.6) is 0 Å². The first-order valence-electron chi connectivity index (χ1n) is 7.95. The highest BCUT2D eigenvalue weighted by atomic mass is 19.1. The first-order valence-corrected chi connectivity index (χ1v) is 7.95. The van der Waals surface area contributed by atoms with E-state index in [4.69, 9.17) is 0 Å². The van der Waals surface area contributed by atoms with Crippen LogP contribution in [0.25, 0.3) is 0 Å². The van der Waals surface area contributed by atoms with E-state index < -0.39 is 17.5 Å². The van der Waals surface area contributed by atoms with Gasteiger partial charge in [-0.05, 0) is 38.0 Å². The fraction of sp³-hybridized carbons (Fsp3) is 0.471. The second kappa shape index (κ2) is 5.89. The number of halogens is 1. The summed E-state index contributed by atoms with van der Waals surface area (Å²) in [5, 5.41) is 2.55. The lowest BCUT2D eigenvalue weighted by atomic mass is 9.98. The van der Waals surface area contributed by atoms with Gasteiger partial charge >= 0.3 is 6.03 Å². The standard InChI is InChI=1S/C17H20FN3O3/c1-17(2)15(23)21(16(24)19-17)10-14(22)20-7-6-12(9-20)11-4-3-5-13(18)8-11/h3-5,8,12H,6-7,9-10H2,1-2H3,(H,19,24). The van der Waals surface area contributed by atoms with Crippen molar-refractivity contribution in [3.05, 3.63) is 35.6 Å². The molecular formula is C17H20FN3O3. The summed E-state index contributed by atoms with van der Waals surface area (Å²) in [5.41, 5.74) is -0.117. The molecule has 0 aromatic heterocycles. The van der Waals surface area contributed by atoms with Gasteiger partial charge in [0, 0.05) is 19.0 Å². The Hall–Kier alpha value is -2.44. The lowest BCUT2D eigenvalue weighted by molar-refractivity contribution is -0.137. The van der Waals surface area contributed by atoms with Crippen LogP contribution in [-0.4, -0.2) is 52.8 Å². The van der Waals surface area contributed by atoms with E-state index in [1.54, 1.807) is 24.8 Å². The molecule has 0 bridgehead atoms. The molecule has 1 N–H and O–H groups in total. The van der Waals surface area contributed by atoms with Crippen molar-refractivity contribution in [2.45, 2.75) is 31.7 Å². The number of carbonyl (C=O) groups excluding carboxylic acids is 3. The Labute approximate surface area is 139 Å². The van der Waals surface area contributed by atoms with Gasteiger partial charge in [-0.2, -0.15) is 0 Å². The number of imide groups is 1. The smallest absolute Gasteiger partial charge is 0.325 e. The number of rotatable bonds is 3. The van der Waals surface area contributed by atoms with Crippen molar-refractivity contribution in [3.8, 4) is 0 Å². The molecule has 2 aliphatic rings. The molecule has 1 atom stereocenters. The minimum Gasteiger partial charge on any atom is -0.341 e. The van der Waals surface area contributed by atoms with Crippen LogP contribution >= 0.6 is 0 Å². The summed E-state index contributed by atoms with van der Waals surface area (Å²) in [6, 6.07) is 5.84. The number of nitrogens with one attached hydrogen (secondary N) is 1. The highest BCUT2D eigenvalue weighted by Crippen LogP contribution is 2.28. The summed E-state index contributed by atoms with van der Waals surface area (Å²) < 4.78 is 13.3. The Morgan fingerprint density at radius 3 is 2.75 bits per heavy atom. The van der Waals surface area contributed by atoms with Crippen molar-refractivity contribution in [2.24, 2.45) is 0 Å². The third-order valence-corrected chi connectivity index (χ3v) is 4.60. The van der Waals surface area contributed by atoms with E-state index in [0.29, 0.717) is 13.1 Å². The van der Waals surface area contributed by atoms with Gasteiger partial charge in [0.15, 0.2) is 0 Å². The first-order chi connectivity index (χ1) is 11.3. The summed E-state index contributed by atoms with van der Waals surface area (Å²) in [6.07, 6.45) is 0.737. The van der Waals surface area contributed by atoms with Crippen LogP contribution in [0.2, 0.25) is 0 Å². The molecule has 128 valence electrons. The number of benzene rings is 1. The lowest BCUT2D eigenvalue weighted by Crippen LogP contribution is -2.44. The molecule has 2 fully saturated rings. The van der Waals surface area contributed by atoms with Crippen molar-refractivity contribution in [1.82, 2.24) is 15.1 Å². The van der Waals surface area contributed by atoms with Crippen LogP contribution in [0, 0.1) is 5.82 Å². The molecule has 2 aliphatic heterocycles. The third kappa shape index (κ3) is 2.98. The van der Waals surface area contributed by atoms with Gasteiger partial charge in [0.1, 0.15) is 17.9 Å². The molecule has 1 aromatic carbocycles. The van der Waals surface area contributed by atoms with Crippen molar-refractivity contribution in [3.63, 3.8) is 0 Å². The molecule has 4 amide bonds. The van der Waals surface area contributed by atoms with E-state index in [2.05, 4.69) is 5.32 Å². The first kappa shape index (κ1) is 16.4. The molecule has 7 heteroatoms. The quantitative estimate of drug-likeness (QED) is 0.852. The average Bonchev–Trinajstić information content (AvgIpc) is 3.07. The zero-order chi connectivity index (χ0) is 17.5. The van der Waals surface area contributed by atoms with E-state index in [9.17, 15) is 18.8 Å². The maximum Gasteiger partial charge on any atom is 0.325 e. The Morgan fingerprint density at radius 2 is 2.12 bits per heavy atom. The van der Waals surface area contributed by atoms with Crippen LogP contribution < -0.4 is 5.32 Å². The second-order valence-corrected chi connectivity index (χ2v) is 6.83. The Bertz CT molecular complexity index is 704. The highest BCUT2D eigenvalue weighted by molar-refractivity contribution is 6.08. The van der Waals surface area contributed by atoms with Crippen molar-refractivity contribution >= 4 is 17.8 Å². The number of amides is 4. The van der Waals surface area contributed by atoms with Gasteiger partial charge in [0.25, 0.3) is 5.91 Å². The largest absolute Gasteiger partial charge is 0.341 e. The predicted octanol–water partition coefficient (Wildman–Crippen LogP) is 1.47. The van der Waals surface area contributed by atoms with Crippen LogP contribution in [-0.2, 0) is 9.59 Å². The monoisotopic (exact) mass is 333 g/mol. The number of likely N-dealkylation sites (tertiary alicyclic amines) is 1. The van der Waals surface area contributed by atoms with Gasteiger partial charge in [0.05, 0.1) is 0 Å². The van der Waals surface area contributed by atoms with Gasteiger partial charge in [-0.3, -0.25) is 14.5 Å². The van der Waals surface area contributed by atoms with E-state index in [-0.39, 0.29) is 24.2 Å². The average molecular weight is 333 g/mol. The zero-order valence-corrected chi connectivity index (χ0v) is 13.7. The fourth-order valence-corrected chi connectivity index (χ4v) is 3.22. The van der Waals surface area contributed by atoms with Gasteiger partial charge in [0.2, 0.25) is 5.91 Å². The zero-order valence-electron chi connectivity index (χ0n) is 13.7. The summed E-state index contributed by atoms with van der Waals surface area (Å²) >= 11 is 0. The molecule has 2 heterocycles. The number of nitrogens with zero attached hydrogens (tertiary/aromatic N) is 2. The van der Waals surface area contributed by atoms with Crippen molar-refractivity contribution in [2.75, 3.05) is 19.6 Å². The topological polar surface area (TPSA) is 69.7 Å². The number of urea groups is 1. The van der Waals surface area contributed by atoms with Crippen LogP contribution in [0.3, 0.4) is 0 Å². The Kier molecular flexibility index (Phi) is 4.03.